The third kappa shape index (κ3) is 5.13. The number of piperazine rings is 1. The highest BCUT2D eigenvalue weighted by Gasteiger charge is 2.30. The van der Waals surface area contributed by atoms with Gasteiger partial charge in [0.05, 0.1) is 18.7 Å². The molecule has 0 atom stereocenters. The van der Waals surface area contributed by atoms with E-state index in [-0.39, 0.29) is 12.0 Å². The summed E-state index contributed by atoms with van der Waals surface area (Å²) in [5, 5.41) is 4.94. The molecule has 0 saturated carbocycles. The topological polar surface area (TPSA) is 44.8 Å². The molecular formula is C28H31N3O2S2. The van der Waals surface area contributed by atoms with Crippen molar-refractivity contribution in [2.75, 3.05) is 38.6 Å². The molecule has 1 aliphatic heterocycles. The van der Waals surface area contributed by atoms with Crippen LogP contribution in [-0.2, 0) is 17.6 Å². The standard InChI is InChI=1S/C28H31N3O2S2/c1-33-27(32)24-22-14-8-9-15-23(22)35-26(24)29-28(34)31-18-16-30(17-19-31)25(20-10-4-2-5-11-20)21-12-6-3-7-13-21/h2-7,10-13,25H,8-9,14-19H2,1H3,(H,29,34). The zero-order valence-corrected chi connectivity index (χ0v) is 21.7. The summed E-state index contributed by atoms with van der Waals surface area (Å²) in [6, 6.07) is 21.6. The van der Waals surface area contributed by atoms with Crippen LogP contribution in [0.25, 0.3) is 0 Å². The van der Waals surface area contributed by atoms with Crippen molar-refractivity contribution < 1.29 is 9.53 Å². The molecule has 1 N–H and O–H groups in total. The molecule has 1 fully saturated rings. The maximum absolute atomic E-state index is 12.6. The zero-order valence-electron chi connectivity index (χ0n) is 20.0. The maximum Gasteiger partial charge on any atom is 0.341 e. The van der Waals surface area contributed by atoms with E-state index in [4.69, 9.17) is 17.0 Å². The van der Waals surface area contributed by atoms with Gasteiger partial charge in [-0.15, -0.1) is 11.3 Å². The Morgan fingerprint density at radius 3 is 2.14 bits per heavy atom. The predicted molar refractivity (Wildman–Crippen MR) is 146 cm³/mol. The Kier molecular flexibility index (Phi) is 7.46. The summed E-state index contributed by atoms with van der Waals surface area (Å²) in [6.07, 6.45) is 4.24. The van der Waals surface area contributed by atoms with Crippen LogP contribution >= 0.6 is 23.6 Å². The molecule has 0 spiro atoms. The quantitative estimate of drug-likeness (QED) is 0.364. The van der Waals surface area contributed by atoms with E-state index in [9.17, 15) is 4.79 Å². The Morgan fingerprint density at radius 1 is 0.943 bits per heavy atom. The van der Waals surface area contributed by atoms with Crippen LogP contribution < -0.4 is 5.32 Å². The van der Waals surface area contributed by atoms with E-state index >= 15 is 0 Å². The molecule has 3 aromatic rings. The third-order valence-corrected chi connectivity index (χ3v) is 8.55. The van der Waals surface area contributed by atoms with E-state index in [0.29, 0.717) is 10.7 Å². The van der Waals surface area contributed by atoms with Crippen LogP contribution in [0.3, 0.4) is 0 Å². The third-order valence-electron chi connectivity index (χ3n) is 6.98. The average molecular weight is 506 g/mol. The highest BCUT2D eigenvalue weighted by Crippen LogP contribution is 2.39. The molecule has 5 nitrogen and oxygen atoms in total. The van der Waals surface area contributed by atoms with Gasteiger partial charge in [0.25, 0.3) is 0 Å². The number of nitrogens with zero attached hydrogens (tertiary/aromatic N) is 2. The van der Waals surface area contributed by atoms with E-state index in [2.05, 4.69) is 75.8 Å². The van der Waals surface area contributed by atoms with Crippen molar-refractivity contribution in [3.63, 3.8) is 0 Å². The van der Waals surface area contributed by atoms with Gasteiger partial charge in [-0.1, -0.05) is 60.7 Å². The molecule has 2 aliphatic rings. The summed E-state index contributed by atoms with van der Waals surface area (Å²) in [4.78, 5) is 18.6. The van der Waals surface area contributed by atoms with Gasteiger partial charge in [-0.3, -0.25) is 4.90 Å². The number of thiocarbonyl (C=S) groups is 1. The fourth-order valence-electron chi connectivity index (χ4n) is 5.22. The van der Waals surface area contributed by atoms with Gasteiger partial charge < -0.3 is 15.0 Å². The first-order valence-corrected chi connectivity index (χ1v) is 13.5. The summed E-state index contributed by atoms with van der Waals surface area (Å²) in [7, 11) is 1.45. The van der Waals surface area contributed by atoms with E-state index < -0.39 is 0 Å². The molecule has 35 heavy (non-hydrogen) atoms. The molecule has 0 amide bonds. The van der Waals surface area contributed by atoms with Crippen molar-refractivity contribution in [3.05, 3.63) is 87.8 Å². The van der Waals surface area contributed by atoms with Crippen LogP contribution in [0.15, 0.2) is 60.7 Å². The van der Waals surface area contributed by atoms with Gasteiger partial charge in [0, 0.05) is 31.1 Å². The van der Waals surface area contributed by atoms with Crippen molar-refractivity contribution >= 4 is 39.6 Å². The van der Waals surface area contributed by atoms with Crippen LogP contribution in [0, 0.1) is 0 Å². The molecular weight excluding hydrogens is 474 g/mol. The molecule has 1 saturated heterocycles. The minimum absolute atomic E-state index is 0.219. The maximum atomic E-state index is 12.6. The summed E-state index contributed by atoms with van der Waals surface area (Å²) in [5.74, 6) is -0.270. The molecule has 1 aliphatic carbocycles. The lowest BCUT2D eigenvalue weighted by Crippen LogP contribution is -2.51. The van der Waals surface area contributed by atoms with Gasteiger partial charge in [-0.05, 0) is 54.6 Å². The minimum Gasteiger partial charge on any atom is -0.465 e. The second-order valence-electron chi connectivity index (χ2n) is 9.08. The van der Waals surface area contributed by atoms with E-state index in [1.165, 1.54) is 29.5 Å². The number of thiophene rings is 1. The number of carbonyl (C=O) groups is 1. The molecule has 182 valence electrons. The smallest absolute Gasteiger partial charge is 0.341 e. The van der Waals surface area contributed by atoms with Crippen molar-refractivity contribution in [1.82, 2.24) is 9.80 Å². The second kappa shape index (κ2) is 10.9. The fourth-order valence-corrected chi connectivity index (χ4v) is 6.84. The Labute approximate surface area is 216 Å². The number of esters is 1. The van der Waals surface area contributed by atoms with Crippen LogP contribution in [0.1, 0.15) is 50.8 Å². The van der Waals surface area contributed by atoms with Gasteiger partial charge in [-0.2, -0.15) is 0 Å². The summed E-state index contributed by atoms with van der Waals surface area (Å²) in [6.45, 7) is 3.48. The number of carbonyl (C=O) groups excluding carboxylic acids is 1. The van der Waals surface area contributed by atoms with Gasteiger partial charge in [-0.25, -0.2) is 4.79 Å². The molecule has 5 rings (SSSR count). The van der Waals surface area contributed by atoms with Crippen molar-refractivity contribution in [3.8, 4) is 0 Å². The van der Waals surface area contributed by atoms with Gasteiger partial charge in [0.2, 0.25) is 0 Å². The van der Waals surface area contributed by atoms with Gasteiger partial charge in [0.15, 0.2) is 5.11 Å². The Hall–Kier alpha value is -2.74. The van der Waals surface area contributed by atoms with E-state index in [1.54, 1.807) is 11.3 Å². The fraction of sp³-hybridized carbons (Fsp3) is 0.357. The van der Waals surface area contributed by atoms with E-state index in [0.717, 1.165) is 56.0 Å². The first-order valence-electron chi connectivity index (χ1n) is 12.3. The number of ether oxygens (including phenoxy) is 1. The Morgan fingerprint density at radius 2 is 1.54 bits per heavy atom. The summed E-state index contributed by atoms with van der Waals surface area (Å²) in [5.41, 5.74) is 4.44. The molecule has 0 unspecified atom stereocenters. The molecule has 1 aromatic heterocycles. The number of fused-ring (bicyclic) bond motifs is 1. The molecule has 0 bridgehead atoms. The SMILES string of the molecule is COC(=O)c1c(NC(=S)N2CCN(C(c3ccccc3)c3ccccc3)CC2)sc2c1CCCC2. The molecule has 2 heterocycles. The average Bonchev–Trinajstić information content (AvgIpc) is 3.28. The van der Waals surface area contributed by atoms with Crippen LogP contribution in [0.4, 0.5) is 5.00 Å². The lowest BCUT2D eigenvalue weighted by atomic mass is 9.95. The lowest BCUT2D eigenvalue weighted by molar-refractivity contribution is 0.0601. The number of rotatable bonds is 5. The highest BCUT2D eigenvalue weighted by molar-refractivity contribution is 7.80. The predicted octanol–water partition coefficient (Wildman–Crippen LogP) is 5.52. The van der Waals surface area contributed by atoms with Crippen LogP contribution in [0.2, 0.25) is 0 Å². The van der Waals surface area contributed by atoms with Crippen molar-refractivity contribution in [1.29, 1.82) is 0 Å². The number of aryl methyl sites for hydroxylation is 1. The molecule has 0 radical (unpaired) electrons. The largest absolute Gasteiger partial charge is 0.465 e. The normalized spacial score (nSPS) is 16.1. The van der Waals surface area contributed by atoms with Crippen LogP contribution in [-0.4, -0.2) is 54.2 Å². The first-order chi connectivity index (χ1) is 17.2. The summed E-state index contributed by atoms with van der Waals surface area (Å²) < 4.78 is 5.12. The number of methoxy groups -OCH3 is 1. The monoisotopic (exact) mass is 505 g/mol. The second-order valence-corrected chi connectivity index (χ2v) is 10.6. The number of hydrogen-bond acceptors (Lipinski definition) is 5. The van der Waals surface area contributed by atoms with Crippen LogP contribution in [0.5, 0.6) is 0 Å². The minimum atomic E-state index is -0.270. The van der Waals surface area contributed by atoms with Crippen molar-refractivity contribution in [2.24, 2.45) is 0 Å². The molecule has 2 aromatic carbocycles. The Balaban J connectivity index is 1.30. The first kappa shape index (κ1) is 24.0. The van der Waals surface area contributed by atoms with E-state index in [1.807, 2.05) is 0 Å². The number of hydrogen-bond donors (Lipinski definition) is 1. The summed E-state index contributed by atoms with van der Waals surface area (Å²) >= 11 is 7.48. The lowest BCUT2D eigenvalue weighted by Gasteiger charge is -2.40. The Bertz CT molecular complexity index is 1130. The number of anilines is 1. The van der Waals surface area contributed by atoms with Gasteiger partial charge >= 0.3 is 5.97 Å². The number of benzene rings is 2. The molecule has 7 heteroatoms. The van der Waals surface area contributed by atoms with Gasteiger partial charge in [0.1, 0.15) is 5.00 Å². The zero-order chi connectivity index (χ0) is 24.2. The highest BCUT2D eigenvalue weighted by atomic mass is 32.1. The van der Waals surface area contributed by atoms with Crippen molar-refractivity contribution in [2.45, 2.75) is 31.7 Å². The number of nitrogens with one attached hydrogen (secondary N) is 1.